The molecule has 1 heterocycles. The molecule has 0 aromatic heterocycles. The summed E-state index contributed by atoms with van der Waals surface area (Å²) in [4.78, 5) is 13.1. The lowest BCUT2D eigenvalue weighted by Crippen LogP contribution is -2.36. The Balaban J connectivity index is 2.35. The van der Waals surface area contributed by atoms with Crippen LogP contribution in [0.3, 0.4) is 0 Å². The maximum Gasteiger partial charge on any atom is 0.267 e. The Kier molecular flexibility index (Phi) is 4.23. The zero-order valence-corrected chi connectivity index (χ0v) is 12.8. The molecule has 21 heavy (non-hydrogen) atoms. The number of benzene rings is 1. The molecule has 1 aromatic rings. The van der Waals surface area contributed by atoms with Crippen molar-refractivity contribution < 1.29 is 23.4 Å². The predicted octanol–water partition coefficient (Wildman–Crippen LogP) is 0.545. The van der Waals surface area contributed by atoms with Crippen molar-refractivity contribution in [3.63, 3.8) is 0 Å². The second-order valence-corrected chi connectivity index (χ2v) is 7.38. The molecule has 0 aliphatic carbocycles. The molecular weight excluding hydrogens is 336 g/mol. The summed E-state index contributed by atoms with van der Waals surface area (Å²) in [5.74, 6) is -2.04. The molecule has 0 unspecified atom stereocenters. The van der Waals surface area contributed by atoms with E-state index in [9.17, 15) is 23.4 Å². The fourth-order valence-electron chi connectivity index (χ4n) is 1.60. The summed E-state index contributed by atoms with van der Waals surface area (Å²) in [5.41, 5.74) is 0.214. The lowest BCUT2D eigenvalue weighted by Gasteiger charge is -2.11. The van der Waals surface area contributed by atoms with Crippen molar-refractivity contribution in [1.29, 1.82) is 0 Å². The number of hydrogen-bond donors (Lipinski definition) is 3. The topological polar surface area (TPSA) is 121 Å². The molecule has 1 saturated heterocycles. The summed E-state index contributed by atoms with van der Waals surface area (Å²) in [6, 6.07) is 4.27. The summed E-state index contributed by atoms with van der Waals surface area (Å²) in [6.07, 6.45) is 1.32. The number of thioether (sulfide) groups is 1. The molecule has 4 N–H and O–H groups in total. The van der Waals surface area contributed by atoms with E-state index in [2.05, 4.69) is 0 Å². The van der Waals surface area contributed by atoms with Crippen molar-refractivity contribution in [2.75, 3.05) is 5.88 Å². The third kappa shape index (κ3) is 3.53. The third-order valence-corrected chi connectivity index (χ3v) is 4.51. The van der Waals surface area contributed by atoms with Crippen LogP contribution in [0.15, 0.2) is 23.1 Å². The van der Waals surface area contributed by atoms with Gasteiger partial charge in [-0.2, -0.15) is 0 Å². The quantitative estimate of drug-likeness (QED) is 0.415. The SMILES string of the molecule is NS(=O)(=O)CN1C(=O)/C(=C/c2cccc(O)c2O)SC1=S. The number of carbonyl (C=O) groups is 1. The first-order chi connectivity index (χ1) is 9.69. The van der Waals surface area contributed by atoms with Gasteiger partial charge in [0.2, 0.25) is 10.0 Å². The van der Waals surface area contributed by atoms with Crippen molar-refractivity contribution in [1.82, 2.24) is 4.90 Å². The number of aromatic hydroxyl groups is 2. The van der Waals surface area contributed by atoms with Crippen molar-refractivity contribution in [3.05, 3.63) is 28.7 Å². The highest BCUT2D eigenvalue weighted by molar-refractivity contribution is 8.26. The van der Waals surface area contributed by atoms with Crippen LogP contribution in [0.1, 0.15) is 5.56 Å². The van der Waals surface area contributed by atoms with Gasteiger partial charge >= 0.3 is 0 Å². The molecule has 1 aromatic carbocycles. The van der Waals surface area contributed by atoms with Crippen LogP contribution >= 0.6 is 24.0 Å². The van der Waals surface area contributed by atoms with Gasteiger partial charge in [0.15, 0.2) is 11.5 Å². The van der Waals surface area contributed by atoms with Crippen LogP contribution < -0.4 is 5.14 Å². The zero-order valence-electron chi connectivity index (χ0n) is 10.4. The first kappa shape index (κ1) is 15.8. The van der Waals surface area contributed by atoms with Crippen LogP contribution in [0.5, 0.6) is 11.5 Å². The summed E-state index contributed by atoms with van der Waals surface area (Å²) in [6.45, 7) is 0. The van der Waals surface area contributed by atoms with Gasteiger partial charge in [-0.25, -0.2) is 13.6 Å². The average Bonchev–Trinajstić information content (AvgIpc) is 2.61. The van der Waals surface area contributed by atoms with E-state index in [0.717, 1.165) is 16.7 Å². The number of sulfonamides is 1. The van der Waals surface area contributed by atoms with Crippen LogP contribution in [0.2, 0.25) is 0 Å². The maximum atomic E-state index is 12.1. The average molecular weight is 346 g/mol. The number of nitrogens with zero attached hydrogens (tertiary/aromatic N) is 1. The minimum absolute atomic E-state index is 0.0555. The molecule has 0 saturated carbocycles. The normalized spacial score (nSPS) is 17.8. The second-order valence-electron chi connectivity index (χ2n) is 4.12. The van der Waals surface area contributed by atoms with Crippen LogP contribution in [0.25, 0.3) is 6.08 Å². The highest BCUT2D eigenvalue weighted by Gasteiger charge is 2.34. The van der Waals surface area contributed by atoms with Gasteiger partial charge in [0.1, 0.15) is 10.2 Å². The highest BCUT2D eigenvalue weighted by atomic mass is 32.2. The molecule has 0 radical (unpaired) electrons. The molecule has 112 valence electrons. The van der Waals surface area contributed by atoms with Crippen molar-refractivity contribution in [3.8, 4) is 11.5 Å². The van der Waals surface area contributed by atoms with Crippen LogP contribution in [0.4, 0.5) is 0 Å². The van der Waals surface area contributed by atoms with E-state index in [1.807, 2.05) is 0 Å². The molecule has 1 amide bonds. The van der Waals surface area contributed by atoms with Gasteiger partial charge < -0.3 is 10.2 Å². The van der Waals surface area contributed by atoms with Crippen molar-refractivity contribution >= 4 is 50.3 Å². The summed E-state index contributed by atoms with van der Waals surface area (Å²) in [5, 5.41) is 24.0. The zero-order chi connectivity index (χ0) is 15.8. The van der Waals surface area contributed by atoms with E-state index >= 15 is 0 Å². The monoisotopic (exact) mass is 346 g/mol. The Bertz CT molecular complexity index is 757. The number of phenolic OH excluding ortho intramolecular Hbond substituents is 2. The Morgan fingerprint density at radius 1 is 1.38 bits per heavy atom. The Morgan fingerprint density at radius 2 is 2.05 bits per heavy atom. The lowest BCUT2D eigenvalue weighted by molar-refractivity contribution is -0.121. The van der Waals surface area contributed by atoms with Gasteiger partial charge in [-0.15, -0.1) is 0 Å². The van der Waals surface area contributed by atoms with Crippen LogP contribution in [0, 0.1) is 0 Å². The lowest BCUT2D eigenvalue weighted by atomic mass is 10.1. The van der Waals surface area contributed by atoms with E-state index < -0.39 is 21.8 Å². The van der Waals surface area contributed by atoms with E-state index in [0.29, 0.717) is 0 Å². The minimum atomic E-state index is -3.90. The number of nitrogens with two attached hydrogens (primary N) is 1. The molecule has 1 aliphatic rings. The van der Waals surface area contributed by atoms with Crippen LogP contribution in [-0.2, 0) is 14.8 Å². The summed E-state index contributed by atoms with van der Waals surface area (Å²) < 4.78 is 22.2. The summed E-state index contributed by atoms with van der Waals surface area (Å²) in [7, 11) is -3.90. The smallest absolute Gasteiger partial charge is 0.267 e. The molecule has 1 fully saturated rings. The van der Waals surface area contributed by atoms with E-state index in [1.165, 1.54) is 24.3 Å². The number of carbonyl (C=O) groups excluding carboxylic acids is 1. The highest BCUT2D eigenvalue weighted by Crippen LogP contribution is 2.36. The first-order valence-corrected chi connectivity index (χ1v) is 8.40. The number of primary sulfonamides is 1. The molecule has 0 bridgehead atoms. The molecule has 0 spiro atoms. The second kappa shape index (κ2) is 5.64. The molecule has 10 heteroatoms. The van der Waals surface area contributed by atoms with Crippen LogP contribution in [-0.4, -0.2) is 39.6 Å². The number of amides is 1. The number of phenols is 2. The number of hydrogen-bond acceptors (Lipinski definition) is 7. The molecule has 0 atom stereocenters. The predicted molar refractivity (Wildman–Crippen MR) is 82.8 cm³/mol. The number of thiocarbonyl (C=S) groups is 1. The standard InChI is InChI=1S/C11H10N2O5S3/c12-21(17,18)5-13-10(16)8(20-11(13)19)4-6-2-1-3-7(14)9(6)15/h1-4,14-15H,5H2,(H2,12,17,18)/b8-4-. The van der Waals surface area contributed by atoms with Gasteiger partial charge in [0, 0.05) is 5.56 Å². The largest absolute Gasteiger partial charge is 0.504 e. The Labute approximate surface area is 130 Å². The molecule has 1 aliphatic heterocycles. The number of para-hydroxylation sites is 1. The van der Waals surface area contributed by atoms with E-state index in [-0.39, 0.29) is 26.3 Å². The minimum Gasteiger partial charge on any atom is -0.504 e. The fourth-order valence-corrected chi connectivity index (χ4v) is 3.61. The van der Waals surface area contributed by atoms with Gasteiger partial charge in [0.05, 0.1) is 4.91 Å². The maximum absolute atomic E-state index is 12.1. The van der Waals surface area contributed by atoms with Crippen molar-refractivity contribution in [2.24, 2.45) is 5.14 Å². The van der Waals surface area contributed by atoms with E-state index in [4.69, 9.17) is 17.4 Å². The third-order valence-electron chi connectivity index (χ3n) is 2.52. The van der Waals surface area contributed by atoms with Crippen molar-refractivity contribution in [2.45, 2.75) is 0 Å². The summed E-state index contributed by atoms with van der Waals surface area (Å²) >= 11 is 5.82. The first-order valence-electron chi connectivity index (χ1n) is 5.46. The fraction of sp³-hybridized carbons (Fsp3) is 0.0909. The Morgan fingerprint density at radius 3 is 2.67 bits per heavy atom. The number of rotatable bonds is 3. The Hall–Kier alpha value is -1.62. The van der Waals surface area contributed by atoms with Gasteiger partial charge in [0.25, 0.3) is 5.91 Å². The molecule has 2 rings (SSSR count). The molecule has 7 nitrogen and oxygen atoms in total. The van der Waals surface area contributed by atoms with Gasteiger partial charge in [-0.1, -0.05) is 36.1 Å². The van der Waals surface area contributed by atoms with Gasteiger partial charge in [-0.3, -0.25) is 9.69 Å². The van der Waals surface area contributed by atoms with Gasteiger partial charge in [-0.05, 0) is 12.1 Å². The molecular formula is C11H10N2O5S3. The van der Waals surface area contributed by atoms with E-state index in [1.54, 1.807) is 0 Å².